The van der Waals surface area contributed by atoms with Crippen LogP contribution in [-0.2, 0) is 4.79 Å². The second kappa shape index (κ2) is 8.32. The summed E-state index contributed by atoms with van der Waals surface area (Å²) in [7, 11) is 0. The van der Waals surface area contributed by atoms with E-state index in [0.717, 1.165) is 15.6 Å². The molecule has 4 nitrogen and oxygen atoms in total. The van der Waals surface area contributed by atoms with Crippen LogP contribution in [0, 0.1) is 11.3 Å². The van der Waals surface area contributed by atoms with Gasteiger partial charge in [-0.3, -0.25) is 4.79 Å². The molecular weight excluding hydrogens is 392 g/mol. The molecule has 26 heavy (non-hydrogen) atoms. The molecule has 0 radical (unpaired) electrons. The number of para-hydroxylation sites is 1. The van der Waals surface area contributed by atoms with Gasteiger partial charge in [0.2, 0.25) is 0 Å². The number of anilines is 1. The van der Waals surface area contributed by atoms with Crippen LogP contribution in [0.5, 0.6) is 5.75 Å². The van der Waals surface area contributed by atoms with Gasteiger partial charge < -0.3 is 10.1 Å². The number of benzene rings is 3. The van der Waals surface area contributed by atoms with E-state index >= 15 is 0 Å². The molecule has 0 spiro atoms. The van der Waals surface area contributed by atoms with Crippen molar-refractivity contribution in [2.24, 2.45) is 0 Å². The summed E-state index contributed by atoms with van der Waals surface area (Å²) in [5, 5.41) is 11.7. The Hall–Kier alpha value is -3.10. The summed E-state index contributed by atoms with van der Waals surface area (Å²) in [6, 6.07) is 24.6. The van der Waals surface area contributed by atoms with E-state index in [-0.39, 0.29) is 12.5 Å². The number of nitrogens with one attached hydrogen (secondary N) is 1. The van der Waals surface area contributed by atoms with Crippen LogP contribution in [-0.4, -0.2) is 12.5 Å². The van der Waals surface area contributed by atoms with Gasteiger partial charge in [0.25, 0.3) is 5.91 Å². The number of ether oxygens (including phenoxy) is 1. The summed E-state index contributed by atoms with van der Waals surface area (Å²) in [5.74, 6) is 0.250. The molecule has 0 bridgehead atoms. The van der Waals surface area contributed by atoms with E-state index in [2.05, 4.69) is 21.2 Å². The average Bonchev–Trinajstić information content (AvgIpc) is 2.68. The number of hydrogen-bond donors (Lipinski definition) is 1. The van der Waals surface area contributed by atoms with E-state index in [0.29, 0.717) is 17.0 Å². The third kappa shape index (κ3) is 4.29. The van der Waals surface area contributed by atoms with Crippen LogP contribution in [0.3, 0.4) is 0 Å². The molecule has 0 unspecified atom stereocenters. The lowest BCUT2D eigenvalue weighted by atomic mass is 10.1. The first-order valence-corrected chi connectivity index (χ1v) is 8.73. The number of nitrogens with zero attached hydrogens (tertiary/aromatic N) is 1. The Kier molecular flexibility index (Phi) is 5.67. The monoisotopic (exact) mass is 406 g/mol. The maximum Gasteiger partial charge on any atom is 0.262 e. The zero-order chi connectivity index (χ0) is 18.4. The van der Waals surface area contributed by atoms with Crippen molar-refractivity contribution in [3.8, 4) is 22.9 Å². The van der Waals surface area contributed by atoms with E-state index in [4.69, 9.17) is 10.00 Å². The summed E-state index contributed by atoms with van der Waals surface area (Å²) in [6.45, 7) is -0.150. The number of halogens is 1. The van der Waals surface area contributed by atoms with Gasteiger partial charge in [-0.25, -0.2) is 0 Å². The van der Waals surface area contributed by atoms with E-state index in [1.807, 2.05) is 54.6 Å². The van der Waals surface area contributed by atoms with E-state index < -0.39 is 0 Å². The fraction of sp³-hybridized carbons (Fsp3) is 0.0476. The normalized spacial score (nSPS) is 10.0. The van der Waals surface area contributed by atoms with Crippen LogP contribution >= 0.6 is 15.9 Å². The number of carbonyl (C=O) groups is 1. The van der Waals surface area contributed by atoms with Gasteiger partial charge in [0.15, 0.2) is 6.61 Å². The Bertz CT molecular complexity index is 965. The van der Waals surface area contributed by atoms with E-state index in [1.165, 1.54) is 0 Å². The molecule has 3 aromatic rings. The molecule has 0 aliphatic rings. The van der Waals surface area contributed by atoms with Crippen molar-refractivity contribution < 1.29 is 9.53 Å². The number of rotatable bonds is 5. The molecule has 0 atom stereocenters. The summed E-state index contributed by atoms with van der Waals surface area (Å²) < 4.78 is 6.36. The molecule has 3 aromatic carbocycles. The molecule has 0 saturated heterocycles. The van der Waals surface area contributed by atoms with E-state index in [1.54, 1.807) is 24.3 Å². The first-order chi connectivity index (χ1) is 12.7. The molecule has 3 rings (SSSR count). The Morgan fingerprint density at radius 3 is 2.46 bits per heavy atom. The third-order valence-corrected chi connectivity index (χ3v) is 4.34. The predicted molar refractivity (Wildman–Crippen MR) is 105 cm³/mol. The molecule has 1 amide bonds. The van der Waals surface area contributed by atoms with Gasteiger partial charge in [0.1, 0.15) is 11.8 Å². The molecule has 5 heteroatoms. The highest BCUT2D eigenvalue weighted by Gasteiger charge is 2.09. The van der Waals surface area contributed by atoms with Crippen LogP contribution in [0.25, 0.3) is 11.1 Å². The Morgan fingerprint density at radius 1 is 1.00 bits per heavy atom. The maximum absolute atomic E-state index is 12.1. The van der Waals surface area contributed by atoms with Crippen molar-refractivity contribution in [2.75, 3.05) is 11.9 Å². The number of amides is 1. The Morgan fingerprint density at radius 2 is 1.73 bits per heavy atom. The first kappa shape index (κ1) is 17.7. The predicted octanol–water partition coefficient (Wildman–Crippen LogP) is 5.01. The van der Waals surface area contributed by atoms with Gasteiger partial charge in [0, 0.05) is 0 Å². The largest absolute Gasteiger partial charge is 0.483 e. The lowest BCUT2D eigenvalue weighted by Crippen LogP contribution is -2.20. The number of nitriles is 1. The molecular formula is C21H15BrN2O2. The van der Waals surface area contributed by atoms with Gasteiger partial charge >= 0.3 is 0 Å². The molecule has 0 aliphatic heterocycles. The SMILES string of the molecule is N#Cc1ccccc1NC(=O)COc1ccc(-c2ccccc2)cc1Br. The highest BCUT2D eigenvalue weighted by atomic mass is 79.9. The smallest absolute Gasteiger partial charge is 0.262 e. The highest BCUT2D eigenvalue weighted by molar-refractivity contribution is 9.10. The van der Waals surface area contributed by atoms with Crippen molar-refractivity contribution in [3.05, 3.63) is 82.8 Å². The van der Waals surface area contributed by atoms with E-state index in [9.17, 15) is 4.79 Å². The topological polar surface area (TPSA) is 62.1 Å². The molecule has 0 aliphatic carbocycles. The van der Waals surface area contributed by atoms with Crippen molar-refractivity contribution in [1.82, 2.24) is 0 Å². The minimum absolute atomic E-state index is 0.150. The minimum atomic E-state index is -0.327. The quantitative estimate of drug-likeness (QED) is 0.647. The number of hydrogen-bond acceptors (Lipinski definition) is 3. The van der Waals surface area contributed by atoms with Crippen molar-refractivity contribution in [1.29, 1.82) is 5.26 Å². The van der Waals surface area contributed by atoms with Crippen molar-refractivity contribution in [2.45, 2.75) is 0 Å². The molecule has 1 N–H and O–H groups in total. The van der Waals surface area contributed by atoms with Gasteiger partial charge in [-0.2, -0.15) is 5.26 Å². The first-order valence-electron chi connectivity index (χ1n) is 7.94. The van der Waals surface area contributed by atoms with Gasteiger partial charge in [-0.15, -0.1) is 0 Å². The van der Waals surface area contributed by atoms with Crippen LogP contribution in [0.1, 0.15) is 5.56 Å². The van der Waals surface area contributed by atoms with Crippen LogP contribution in [0.2, 0.25) is 0 Å². The minimum Gasteiger partial charge on any atom is -0.483 e. The van der Waals surface area contributed by atoms with Gasteiger partial charge in [-0.1, -0.05) is 48.5 Å². The van der Waals surface area contributed by atoms with Gasteiger partial charge in [-0.05, 0) is 51.3 Å². The average molecular weight is 407 g/mol. The standard InChI is InChI=1S/C21H15BrN2O2/c22-18-12-16(15-6-2-1-3-7-15)10-11-20(18)26-14-21(25)24-19-9-5-4-8-17(19)13-23/h1-12H,14H2,(H,24,25). The van der Waals surface area contributed by atoms with Crippen LogP contribution < -0.4 is 10.1 Å². The summed E-state index contributed by atoms with van der Waals surface area (Å²) in [6.07, 6.45) is 0. The molecule has 0 aromatic heterocycles. The molecule has 0 fully saturated rings. The summed E-state index contributed by atoms with van der Waals surface area (Å²) in [4.78, 5) is 12.1. The highest BCUT2D eigenvalue weighted by Crippen LogP contribution is 2.30. The second-order valence-electron chi connectivity index (χ2n) is 5.51. The third-order valence-electron chi connectivity index (χ3n) is 3.72. The fourth-order valence-corrected chi connectivity index (χ4v) is 2.94. The van der Waals surface area contributed by atoms with Gasteiger partial charge in [0.05, 0.1) is 15.7 Å². The molecule has 0 saturated carbocycles. The Balaban J connectivity index is 1.64. The Labute approximate surface area is 160 Å². The summed E-state index contributed by atoms with van der Waals surface area (Å²) in [5.41, 5.74) is 3.04. The molecule has 128 valence electrons. The van der Waals surface area contributed by atoms with Crippen molar-refractivity contribution >= 4 is 27.5 Å². The summed E-state index contributed by atoms with van der Waals surface area (Å²) >= 11 is 3.48. The zero-order valence-electron chi connectivity index (χ0n) is 13.8. The fourth-order valence-electron chi connectivity index (χ4n) is 2.45. The van der Waals surface area contributed by atoms with Crippen LogP contribution in [0.15, 0.2) is 77.3 Å². The number of carbonyl (C=O) groups excluding carboxylic acids is 1. The van der Waals surface area contributed by atoms with Crippen molar-refractivity contribution in [3.63, 3.8) is 0 Å². The zero-order valence-corrected chi connectivity index (χ0v) is 15.4. The van der Waals surface area contributed by atoms with Crippen LogP contribution in [0.4, 0.5) is 5.69 Å². The lowest BCUT2D eigenvalue weighted by molar-refractivity contribution is -0.118. The maximum atomic E-state index is 12.1. The lowest BCUT2D eigenvalue weighted by Gasteiger charge is -2.11. The second-order valence-corrected chi connectivity index (χ2v) is 6.36. The molecule has 0 heterocycles.